The largest absolute Gasteiger partial charge is 0.466 e. The zero-order valence-electron chi connectivity index (χ0n) is 23.1. The lowest BCUT2D eigenvalue weighted by atomic mass is 9.95. The molecule has 0 aliphatic carbocycles. The quantitative estimate of drug-likeness (QED) is 0.233. The van der Waals surface area contributed by atoms with Gasteiger partial charge in [-0.1, -0.05) is 67.7 Å². The molecule has 1 aromatic carbocycles. The van der Waals surface area contributed by atoms with E-state index in [1.165, 1.54) is 11.8 Å². The molecule has 2 fully saturated rings. The fraction of sp³-hybridized carbons (Fsp3) is 0.433. The summed E-state index contributed by atoms with van der Waals surface area (Å²) in [4.78, 5) is 43.6. The van der Waals surface area contributed by atoms with Gasteiger partial charge in [0.1, 0.15) is 21.8 Å². The second kappa shape index (κ2) is 13.3. The molecule has 2 aliphatic rings. The summed E-state index contributed by atoms with van der Waals surface area (Å²) in [6.07, 6.45) is 4.62. The lowest BCUT2D eigenvalue weighted by Gasteiger charge is -2.35. The summed E-state index contributed by atoms with van der Waals surface area (Å²) in [6, 6.07) is 11.8. The van der Waals surface area contributed by atoms with Gasteiger partial charge < -0.3 is 9.64 Å². The third-order valence-corrected chi connectivity index (χ3v) is 8.71. The van der Waals surface area contributed by atoms with Crippen LogP contribution in [-0.4, -0.2) is 45.4 Å². The summed E-state index contributed by atoms with van der Waals surface area (Å²) < 4.78 is 7.38. The molecule has 3 heterocycles. The van der Waals surface area contributed by atoms with Crippen molar-refractivity contribution in [1.29, 1.82) is 5.26 Å². The van der Waals surface area contributed by atoms with Gasteiger partial charge in [0.15, 0.2) is 0 Å². The predicted molar refractivity (Wildman–Crippen MR) is 162 cm³/mol. The third-order valence-electron chi connectivity index (χ3n) is 7.33. The number of aromatic nitrogens is 1. The van der Waals surface area contributed by atoms with E-state index in [0.717, 1.165) is 18.4 Å². The molecule has 0 atom stereocenters. The van der Waals surface area contributed by atoms with Crippen molar-refractivity contribution in [2.45, 2.75) is 59.5 Å². The second-order valence-electron chi connectivity index (χ2n) is 9.93. The molecule has 0 unspecified atom stereocenters. The number of thioether (sulfide) groups is 1. The Morgan fingerprint density at radius 1 is 1.20 bits per heavy atom. The van der Waals surface area contributed by atoms with E-state index in [1.807, 2.05) is 37.3 Å². The van der Waals surface area contributed by atoms with Crippen LogP contribution >= 0.6 is 24.0 Å². The fourth-order valence-electron chi connectivity index (χ4n) is 5.13. The van der Waals surface area contributed by atoms with Gasteiger partial charge in [-0.2, -0.15) is 5.26 Å². The number of nitrogens with zero attached hydrogens (tertiary/aromatic N) is 4. The molecular weight excluding hydrogens is 544 g/mol. The molecule has 4 rings (SSSR count). The maximum absolute atomic E-state index is 13.5. The van der Waals surface area contributed by atoms with Crippen LogP contribution in [0.4, 0.5) is 5.82 Å². The number of nitriles is 1. The first-order chi connectivity index (χ1) is 19.3. The van der Waals surface area contributed by atoms with Crippen molar-refractivity contribution in [3.05, 3.63) is 67.8 Å². The van der Waals surface area contributed by atoms with Crippen molar-refractivity contribution < 1.29 is 14.3 Å². The van der Waals surface area contributed by atoms with E-state index >= 15 is 0 Å². The number of piperidine rings is 1. The molecule has 2 aliphatic heterocycles. The Kier molecular flexibility index (Phi) is 9.82. The van der Waals surface area contributed by atoms with Gasteiger partial charge in [0, 0.05) is 25.2 Å². The number of anilines is 1. The summed E-state index contributed by atoms with van der Waals surface area (Å²) in [5.74, 6) is 0.105. The SMILES string of the molecule is CCCCn1c(N2CCC(C(=O)OCC)CC2)c(/C=C2/SC(=S)N(Cc3ccccc3)C2=O)c(C)c(C#N)c1=O. The van der Waals surface area contributed by atoms with E-state index in [1.54, 1.807) is 29.4 Å². The van der Waals surface area contributed by atoms with Crippen LogP contribution in [0.2, 0.25) is 0 Å². The minimum absolute atomic E-state index is 0.0762. The minimum atomic E-state index is -0.329. The Morgan fingerprint density at radius 3 is 2.52 bits per heavy atom. The number of amides is 1. The Balaban J connectivity index is 1.77. The maximum Gasteiger partial charge on any atom is 0.309 e. The van der Waals surface area contributed by atoms with Gasteiger partial charge in [0.2, 0.25) is 0 Å². The van der Waals surface area contributed by atoms with Crippen LogP contribution < -0.4 is 10.5 Å². The number of carbonyl (C=O) groups is 2. The molecule has 1 amide bonds. The van der Waals surface area contributed by atoms with E-state index in [0.29, 0.717) is 71.8 Å². The van der Waals surface area contributed by atoms with Gasteiger partial charge >= 0.3 is 5.97 Å². The summed E-state index contributed by atoms with van der Waals surface area (Å²) >= 11 is 6.81. The molecule has 0 N–H and O–H groups in total. The van der Waals surface area contributed by atoms with Gasteiger partial charge in [-0.3, -0.25) is 23.9 Å². The van der Waals surface area contributed by atoms with Gasteiger partial charge in [-0.15, -0.1) is 0 Å². The topological polar surface area (TPSA) is 95.6 Å². The van der Waals surface area contributed by atoms with Crippen LogP contribution in [0, 0.1) is 24.2 Å². The molecule has 2 saturated heterocycles. The number of rotatable bonds is 9. The van der Waals surface area contributed by atoms with Crippen molar-refractivity contribution in [2.24, 2.45) is 5.92 Å². The summed E-state index contributed by atoms with van der Waals surface area (Å²) in [5.41, 5.74) is 1.93. The lowest BCUT2D eigenvalue weighted by Crippen LogP contribution is -2.41. The zero-order chi connectivity index (χ0) is 28.8. The number of esters is 1. The van der Waals surface area contributed by atoms with Crippen molar-refractivity contribution in [2.75, 3.05) is 24.6 Å². The maximum atomic E-state index is 13.5. The van der Waals surface area contributed by atoms with Crippen LogP contribution in [0.5, 0.6) is 0 Å². The highest BCUT2D eigenvalue weighted by Gasteiger charge is 2.34. The van der Waals surface area contributed by atoms with E-state index in [2.05, 4.69) is 11.0 Å². The van der Waals surface area contributed by atoms with Gasteiger partial charge in [-0.25, -0.2) is 0 Å². The van der Waals surface area contributed by atoms with Crippen molar-refractivity contribution in [3.8, 4) is 6.07 Å². The highest BCUT2D eigenvalue weighted by molar-refractivity contribution is 8.26. The molecule has 210 valence electrons. The van der Waals surface area contributed by atoms with Crippen LogP contribution in [0.15, 0.2) is 40.0 Å². The minimum Gasteiger partial charge on any atom is -0.466 e. The van der Waals surface area contributed by atoms with Gasteiger partial charge in [-0.05, 0) is 50.3 Å². The van der Waals surface area contributed by atoms with Crippen LogP contribution in [0.3, 0.4) is 0 Å². The number of ether oxygens (including phenoxy) is 1. The van der Waals surface area contributed by atoms with E-state index < -0.39 is 0 Å². The average molecular weight is 579 g/mol. The summed E-state index contributed by atoms with van der Waals surface area (Å²) in [7, 11) is 0. The normalized spacial score (nSPS) is 17.0. The number of unbranched alkanes of at least 4 members (excludes halogenated alkanes) is 1. The molecule has 0 spiro atoms. The first kappa shape index (κ1) is 29.6. The van der Waals surface area contributed by atoms with Gasteiger partial charge in [0.05, 0.1) is 24.0 Å². The van der Waals surface area contributed by atoms with E-state index in [9.17, 15) is 19.6 Å². The number of thiocarbonyl (C=S) groups is 1. The number of pyridine rings is 1. The molecular formula is C30H34N4O4S2. The highest BCUT2D eigenvalue weighted by atomic mass is 32.2. The number of benzene rings is 1. The third kappa shape index (κ3) is 6.16. The first-order valence-corrected chi connectivity index (χ1v) is 14.9. The van der Waals surface area contributed by atoms with Crippen LogP contribution in [-0.2, 0) is 27.4 Å². The fourth-order valence-corrected chi connectivity index (χ4v) is 6.37. The average Bonchev–Trinajstić information content (AvgIpc) is 3.22. The number of hydrogen-bond acceptors (Lipinski definition) is 8. The molecule has 2 aromatic rings. The second-order valence-corrected chi connectivity index (χ2v) is 11.6. The van der Waals surface area contributed by atoms with Crippen molar-refractivity contribution in [1.82, 2.24) is 9.47 Å². The number of hydrogen-bond donors (Lipinski definition) is 0. The Hall–Kier alpha value is -3.42. The molecule has 40 heavy (non-hydrogen) atoms. The van der Waals surface area contributed by atoms with E-state index in [-0.39, 0.29) is 28.9 Å². The van der Waals surface area contributed by atoms with Crippen molar-refractivity contribution in [3.63, 3.8) is 0 Å². The zero-order valence-corrected chi connectivity index (χ0v) is 24.8. The summed E-state index contributed by atoms with van der Waals surface area (Å²) in [5, 5.41) is 9.93. The molecule has 0 radical (unpaired) electrons. The lowest BCUT2D eigenvalue weighted by molar-refractivity contribution is -0.148. The molecule has 1 aromatic heterocycles. The predicted octanol–water partition coefficient (Wildman–Crippen LogP) is 5.01. The smallest absolute Gasteiger partial charge is 0.309 e. The van der Waals surface area contributed by atoms with E-state index in [4.69, 9.17) is 17.0 Å². The molecule has 0 saturated carbocycles. The number of carbonyl (C=O) groups excluding carboxylic acids is 2. The molecule has 0 bridgehead atoms. The van der Waals surface area contributed by atoms with Crippen LogP contribution in [0.25, 0.3) is 6.08 Å². The Labute approximate surface area is 244 Å². The molecule has 8 nitrogen and oxygen atoms in total. The van der Waals surface area contributed by atoms with Crippen LogP contribution in [0.1, 0.15) is 61.8 Å². The first-order valence-electron chi connectivity index (χ1n) is 13.7. The molecule has 10 heteroatoms. The standard InChI is InChI=1S/C30H34N4O4S2/c1-4-6-14-33-26(32-15-12-22(13-16-32)29(37)38-5-2)23(20(3)24(18-31)27(33)35)17-25-28(36)34(30(39)40-25)19-21-10-8-7-9-11-21/h7-11,17,22H,4-6,12-16,19H2,1-3H3/b25-17+. The monoisotopic (exact) mass is 578 g/mol. The Morgan fingerprint density at radius 2 is 1.90 bits per heavy atom. The van der Waals surface area contributed by atoms with Gasteiger partial charge in [0.25, 0.3) is 11.5 Å². The Bertz CT molecular complexity index is 1420. The summed E-state index contributed by atoms with van der Waals surface area (Å²) in [6.45, 7) is 7.88. The highest BCUT2D eigenvalue weighted by Crippen LogP contribution is 2.37. The van der Waals surface area contributed by atoms with Crippen molar-refractivity contribution >= 4 is 52.1 Å².